The molecular weight excluding hydrogens is 240 g/mol. The number of carbonyl (C=O) groups is 1. The van der Waals surface area contributed by atoms with Crippen LogP contribution in [0.1, 0.15) is 25.5 Å². The van der Waals surface area contributed by atoms with Gasteiger partial charge in [-0.25, -0.2) is 4.79 Å². The smallest absolute Gasteiger partial charge is 0.327 e. The zero-order chi connectivity index (χ0) is 13.8. The number of rotatable bonds is 4. The third kappa shape index (κ3) is 3.09. The summed E-state index contributed by atoms with van der Waals surface area (Å²) in [7, 11) is 1.40. The van der Waals surface area contributed by atoms with Crippen molar-refractivity contribution in [1.82, 2.24) is 10.3 Å². The maximum Gasteiger partial charge on any atom is 0.327 e. The summed E-state index contributed by atoms with van der Waals surface area (Å²) in [4.78, 5) is 16.2. The molecule has 100 valence electrons. The molecule has 0 saturated heterocycles. The highest BCUT2D eigenvalue weighted by molar-refractivity contribution is 5.83. The topological polar surface area (TPSA) is 51.2 Å². The molecule has 2 aromatic rings. The number of hydrogen-bond donors (Lipinski definition) is 1. The summed E-state index contributed by atoms with van der Waals surface area (Å²) in [6, 6.07) is 9.40. The minimum Gasteiger partial charge on any atom is -0.468 e. The second-order valence-electron chi connectivity index (χ2n) is 4.73. The predicted octanol–water partition coefficient (Wildman–Crippen LogP) is 2.45. The van der Waals surface area contributed by atoms with Gasteiger partial charge in [-0.05, 0) is 37.6 Å². The first-order valence-electron chi connectivity index (χ1n) is 6.30. The number of nitrogens with one attached hydrogen (secondary N) is 1. The Bertz CT molecular complexity index is 581. The molecule has 1 N–H and O–H groups in total. The second-order valence-corrected chi connectivity index (χ2v) is 4.73. The number of pyridine rings is 1. The Hall–Kier alpha value is -1.94. The molecule has 0 radical (unpaired) electrons. The van der Waals surface area contributed by atoms with E-state index in [9.17, 15) is 4.79 Å². The van der Waals surface area contributed by atoms with Crippen molar-refractivity contribution in [3.8, 4) is 0 Å². The molecule has 0 saturated carbocycles. The van der Waals surface area contributed by atoms with Crippen LogP contribution in [0.2, 0.25) is 0 Å². The van der Waals surface area contributed by atoms with Crippen molar-refractivity contribution in [3.63, 3.8) is 0 Å². The highest BCUT2D eigenvalue weighted by Gasteiger charge is 2.22. The summed E-state index contributed by atoms with van der Waals surface area (Å²) in [5.74, 6) is -0.281. The predicted molar refractivity (Wildman–Crippen MR) is 74.8 cm³/mol. The molecule has 2 rings (SSSR count). The Morgan fingerprint density at radius 3 is 2.79 bits per heavy atom. The number of fused-ring (bicyclic) bond motifs is 1. The van der Waals surface area contributed by atoms with Gasteiger partial charge in [0, 0.05) is 17.6 Å². The van der Waals surface area contributed by atoms with Gasteiger partial charge in [0.1, 0.15) is 6.04 Å². The van der Waals surface area contributed by atoms with Crippen molar-refractivity contribution in [2.24, 2.45) is 0 Å². The van der Waals surface area contributed by atoms with Gasteiger partial charge in [-0.1, -0.05) is 12.1 Å². The Labute approximate surface area is 112 Å². The molecule has 19 heavy (non-hydrogen) atoms. The van der Waals surface area contributed by atoms with Gasteiger partial charge in [-0.3, -0.25) is 10.3 Å². The normalized spacial score (nSPS) is 12.6. The van der Waals surface area contributed by atoms with Gasteiger partial charge < -0.3 is 4.74 Å². The highest BCUT2D eigenvalue weighted by Crippen LogP contribution is 2.20. The second kappa shape index (κ2) is 5.80. The van der Waals surface area contributed by atoms with Gasteiger partial charge in [0.2, 0.25) is 0 Å². The van der Waals surface area contributed by atoms with Crippen LogP contribution in [0, 0.1) is 0 Å². The molecule has 0 aliphatic carbocycles. The highest BCUT2D eigenvalue weighted by atomic mass is 16.5. The van der Waals surface area contributed by atoms with Gasteiger partial charge in [-0.15, -0.1) is 0 Å². The SMILES string of the molecule is COC(=O)C(NC(C)C)c1ccc2ncccc2c1. The van der Waals surface area contributed by atoms with Crippen molar-refractivity contribution in [2.45, 2.75) is 25.9 Å². The zero-order valence-electron chi connectivity index (χ0n) is 11.4. The fourth-order valence-electron chi connectivity index (χ4n) is 2.03. The third-order valence-electron chi connectivity index (χ3n) is 2.90. The van der Waals surface area contributed by atoms with Gasteiger partial charge in [-0.2, -0.15) is 0 Å². The number of benzene rings is 1. The molecule has 0 spiro atoms. The number of esters is 1. The molecule has 4 heteroatoms. The number of hydrogen-bond acceptors (Lipinski definition) is 4. The van der Waals surface area contributed by atoms with E-state index in [4.69, 9.17) is 4.74 Å². The van der Waals surface area contributed by atoms with Crippen LogP contribution in [0.15, 0.2) is 36.5 Å². The molecule has 1 atom stereocenters. The number of nitrogens with zero attached hydrogens (tertiary/aromatic N) is 1. The third-order valence-corrected chi connectivity index (χ3v) is 2.90. The maximum atomic E-state index is 11.9. The molecule has 1 heterocycles. The first-order chi connectivity index (χ1) is 9.11. The van der Waals surface area contributed by atoms with Crippen LogP contribution in [0.5, 0.6) is 0 Å². The number of carbonyl (C=O) groups excluding carboxylic acids is 1. The van der Waals surface area contributed by atoms with Crippen LogP contribution in [0.4, 0.5) is 0 Å². The number of ether oxygens (including phenoxy) is 1. The molecule has 1 aromatic heterocycles. The van der Waals surface area contributed by atoms with Gasteiger partial charge >= 0.3 is 5.97 Å². The molecule has 1 aromatic carbocycles. The standard InChI is InChI=1S/C15H18N2O2/c1-10(2)17-14(15(18)19-3)12-6-7-13-11(9-12)5-4-8-16-13/h4-10,14,17H,1-3H3. The Morgan fingerprint density at radius 2 is 2.11 bits per heavy atom. The minimum absolute atomic E-state index is 0.189. The largest absolute Gasteiger partial charge is 0.468 e. The van der Waals surface area contributed by atoms with Crippen LogP contribution in [-0.4, -0.2) is 24.1 Å². The fourth-order valence-corrected chi connectivity index (χ4v) is 2.03. The Morgan fingerprint density at radius 1 is 1.32 bits per heavy atom. The molecule has 0 amide bonds. The van der Waals surface area contributed by atoms with Gasteiger partial charge in [0.25, 0.3) is 0 Å². The van der Waals surface area contributed by atoms with E-state index in [1.807, 2.05) is 44.2 Å². The monoisotopic (exact) mass is 258 g/mol. The number of aromatic nitrogens is 1. The summed E-state index contributed by atoms with van der Waals surface area (Å²) >= 11 is 0. The van der Waals surface area contributed by atoms with Gasteiger partial charge in [0.15, 0.2) is 0 Å². The molecule has 1 unspecified atom stereocenters. The first-order valence-corrected chi connectivity index (χ1v) is 6.30. The lowest BCUT2D eigenvalue weighted by Crippen LogP contribution is -2.34. The maximum absolute atomic E-state index is 11.9. The summed E-state index contributed by atoms with van der Waals surface area (Å²) in [5.41, 5.74) is 1.81. The van der Waals surface area contributed by atoms with Crippen molar-refractivity contribution < 1.29 is 9.53 Å². The van der Waals surface area contributed by atoms with E-state index in [0.717, 1.165) is 16.5 Å². The van der Waals surface area contributed by atoms with E-state index >= 15 is 0 Å². The van der Waals surface area contributed by atoms with Crippen molar-refractivity contribution in [3.05, 3.63) is 42.1 Å². The van der Waals surface area contributed by atoms with E-state index in [2.05, 4.69) is 10.3 Å². The Kier molecular flexibility index (Phi) is 4.12. The van der Waals surface area contributed by atoms with Crippen LogP contribution >= 0.6 is 0 Å². The summed E-state index contributed by atoms with van der Waals surface area (Å²) in [6.45, 7) is 4.00. The zero-order valence-corrected chi connectivity index (χ0v) is 11.4. The van der Waals surface area contributed by atoms with E-state index in [0.29, 0.717) is 0 Å². The van der Waals surface area contributed by atoms with E-state index in [1.165, 1.54) is 7.11 Å². The lowest BCUT2D eigenvalue weighted by atomic mass is 10.0. The quantitative estimate of drug-likeness (QED) is 0.856. The van der Waals surface area contributed by atoms with E-state index in [1.54, 1.807) is 6.20 Å². The van der Waals surface area contributed by atoms with Crippen LogP contribution in [-0.2, 0) is 9.53 Å². The number of methoxy groups -OCH3 is 1. The fraction of sp³-hybridized carbons (Fsp3) is 0.333. The molecule has 0 bridgehead atoms. The van der Waals surface area contributed by atoms with Crippen LogP contribution in [0.3, 0.4) is 0 Å². The molecule has 4 nitrogen and oxygen atoms in total. The lowest BCUT2D eigenvalue weighted by Gasteiger charge is -2.19. The first kappa shape index (κ1) is 13.5. The average Bonchev–Trinajstić information content (AvgIpc) is 2.43. The summed E-state index contributed by atoms with van der Waals surface area (Å²) < 4.78 is 4.86. The van der Waals surface area contributed by atoms with Gasteiger partial charge in [0.05, 0.1) is 12.6 Å². The minimum atomic E-state index is -0.449. The molecular formula is C15H18N2O2. The van der Waals surface area contributed by atoms with Crippen molar-refractivity contribution in [2.75, 3.05) is 7.11 Å². The molecule has 0 aliphatic rings. The lowest BCUT2D eigenvalue weighted by molar-refractivity contribution is -0.143. The Balaban J connectivity index is 2.40. The molecule has 0 aliphatic heterocycles. The summed E-state index contributed by atoms with van der Waals surface area (Å²) in [5, 5.41) is 4.23. The molecule has 0 fully saturated rings. The summed E-state index contributed by atoms with van der Waals surface area (Å²) in [6.07, 6.45) is 1.76. The van der Waals surface area contributed by atoms with Crippen molar-refractivity contribution >= 4 is 16.9 Å². The van der Waals surface area contributed by atoms with Crippen LogP contribution in [0.25, 0.3) is 10.9 Å². The van der Waals surface area contributed by atoms with E-state index < -0.39 is 6.04 Å². The van der Waals surface area contributed by atoms with Crippen molar-refractivity contribution in [1.29, 1.82) is 0 Å². The average molecular weight is 258 g/mol. The van der Waals surface area contributed by atoms with E-state index in [-0.39, 0.29) is 12.0 Å². The van der Waals surface area contributed by atoms with Crippen LogP contribution < -0.4 is 5.32 Å².